The van der Waals surface area contributed by atoms with Gasteiger partial charge in [-0.05, 0) is 24.8 Å². The van der Waals surface area contributed by atoms with Crippen molar-refractivity contribution >= 4 is 17.8 Å². The van der Waals surface area contributed by atoms with Crippen LogP contribution in [-0.2, 0) is 20.8 Å². The Morgan fingerprint density at radius 2 is 1.75 bits per heavy atom. The molecule has 1 aliphatic heterocycles. The van der Waals surface area contributed by atoms with E-state index in [4.69, 9.17) is 0 Å². The lowest BCUT2D eigenvalue weighted by Gasteiger charge is -2.30. The number of benzene rings is 1. The number of aliphatic carboxylic acids is 1. The van der Waals surface area contributed by atoms with Crippen molar-refractivity contribution in [3.8, 4) is 0 Å². The van der Waals surface area contributed by atoms with Crippen molar-refractivity contribution in [2.24, 2.45) is 0 Å². The number of hydrogen-bond donors (Lipinski definition) is 1. The number of likely N-dealkylation sites (tertiary alicyclic amines) is 1. The van der Waals surface area contributed by atoms with Crippen LogP contribution in [0.3, 0.4) is 0 Å². The van der Waals surface area contributed by atoms with E-state index in [2.05, 4.69) is 0 Å². The Labute approximate surface area is 117 Å². The number of imide groups is 1. The number of aryl methyl sites for hydroxylation is 1. The number of hydrogen-bond acceptors (Lipinski definition) is 3. The molecule has 2 rings (SSSR count). The molecule has 0 radical (unpaired) electrons. The Morgan fingerprint density at radius 3 is 2.30 bits per heavy atom. The number of nitrogens with zero attached hydrogens (tertiary/aromatic N) is 1. The Bertz CT molecular complexity index is 496. The van der Waals surface area contributed by atoms with Crippen LogP contribution < -0.4 is 0 Å². The number of carboxylic acids is 1. The minimum atomic E-state index is -1.12. The summed E-state index contributed by atoms with van der Waals surface area (Å²) in [4.78, 5) is 35.9. The van der Waals surface area contributed by atoms with Crippen molar-refractivity contribution in [2.45, 2.75) is 38.1 Å². The average molecular weight is 275 g/mol. The first kappa shape index (κ1) is 14.2. The van der Waals surface area contributed by atoms with Gasteiger partial charge in [0, 0.05) is 12.8 Å². The van der Waals surface area contributed by atoms with Crippen LogP contribution in [0.5, 0.6) is 0 Å². The molecule has 0 aromatic heterocycles. The van der Waals surface area contributed by atoms with Gasteiger partial charge in [-0.15, -0.1) is 0 Å². The number of rotatable bonds is 5. The first-order valence-corrected chi connectivity index (χ1v) is 6.71. The molecule has 1 aliphatic rings. The molecular formula is C15H17NO4. The van der Waals surface area contributed by atoms with Gasteiger partial charge in [0.2, 0.25) is 11.8 Å². The molecule has 1 heterocycles. The molecule has 1 N–H and O–H groups in total. The fourth-order valence-electron chi connectivity index (χ4n) is 2.43. The van der Waals surface area contributed by atoms with Crippen LogP contribution in [0, 0.1) is 0 Å². The summed E-state index contributed by atoms with van der Waals surface area (Å²) in [6.45, 7) is 0. The molecule has 1 unspecified atom stereocenters. The molecule has 1 aromatic rings. The monoisotopic (exact) mass is 275 g/mol. The summed E-state index contributed by atoms with van der Waals surface area (Å²) < 4.78 is 0. The van der Waals surface area contributed by atoms with Gasteiger partial charge in [0.1, 0.15) is 6.04 Å². The van der Waals surface area contributed by atoms with Gasteiger partial charge in [-0.3, -0.25) is 14.5 Å². The summed E-state index contributed by atoms with van der Waals surface area (Å²) in [6, 6.07) is 8.38. The molecule has 2 amide bonds. The van der Waals surface area contributed by atoms with Crippen molar-refractivity contribution in [1.82, 2.24) is 4.90 Å². The maximum absolute atomic E-state index is 11.8. The lowest BCUT2D eigenvalue weighted by Crippen LogP contribution is -2.50. The van der Waals surface area contributed by atoms with E-state index in [1.165, 1.54) is 0 Å². The Morgan fingerprint density at radius 1 is 1.15 bits per heavy atom. The SMILES string of the molecule is O=C(O)C(CCc1ccccc1)N1C(=O)CCCC1=O. The fraction of sp³-hybridized carbons (Fsp3) is 0.400. The summed E-state index contributed by atoms with van der Waals surface area (Å²) in [5.74, 6) is -1.87. The zero-order valence-corrected chi connectivity index (χ0v) is 11.1. The van der Waals surface area contributed by atoms with E-state index in [1.807, 2.05) is 30.3 Å². The number of carboxylic acid groups (broad SMARTS) is 1. The van der Waals surface area contributed by atoms with Gasteiger partial charge in [-0.25, -0.2) is 4.79 Å². The van der Waals surface area contributed by atoms with Crippen molar-refractivity contribution in [3.63, 3.8) is 0 Å². The Balaban J connectivity index is 2.08. The van der Waals surface area contributed by atoms with Crippen molar-refractivity contribution in [3.05, 3.63) is 35.9 Å². The molecule has 1 aromatic carbocycles. The molecule has 1 saturated heterocycles. The maximum atomic E-state index is 11.8. The largest absolute Gasteiger partial charge is 0.480 e. The van der Waals surface area contributed by atoms with Gasteiger partial charge in [0.05, 0.1) is 0 Å². The summed E-state index contributed by atoms with van der Waals surface area (Å²) in [5, 5.41) is 9.29. The number of carbonyl (C=O) groups is 3. The third kappa shape index (κ3) is 3.23. The zero-order valence-electron chi connectivity index (χ0n) is 11.1. The van der Waals surface area contributed by atoms with Gasteiger partial charge in [-0.1, -0.05) is 30.3 Å². The molecule has 1 atom stereocenters. The fourth-order valence-corrected chi connectivity index (χ4v) is 2.43. The molecule has 5 nitrogen and oxygen atoms in total. The third-order valence-electron chi connectivity index (χ3n) is 3.46. The zero-order chi connectivity index (χ0) is 14.5. The van der Waals surface area contributed by atoms with Crippen LogP contribution in [0.25, 0.3) is 0 Å². The summed E-state index contributed by atoms with van der Waals surface area (Å²) in [7, 11) is 0. The highest BCUT2D eigenvalue weighted by Crippen LogP contribution is 2.19. The second-order valence-electron chi connectivity index (χ2n) is 4.89. The molecule has 0 spiro atoms. The predicted molar refractivity (Wildman–Crippen MR) is 71.9 cm³/mol. The van der Waals surface area contributed by atoms with Gasteiger partial charge >= 0.3 is 5.97 Å². The van der Waals surface area contributed by atoms with Crippen LogP contribution in [0.15, 0.2) is 30.3 Å². The van der Waals surface area contributed by atoms with Gasteiger partial charge < -0.3 is 5.11 Å². The third-order valence-corrected chi connectivity index (χ3v) is 3.46. The highest BCUT2D eigenvalue weighted by atomic mass is 16.4. The average Bonchev–Trinajstić information content (AvgIpc) is 2.42. The van der Waals surface area contributed by atoms with Gasteiger partial charge in [0.15, 0.2) is 0 Å². The normalized spacial score (nSPS) is 17.1. The summed E-state index contributed by atoms with van der Waals surface area (Å²) >= 11 is 0. The lowest BCUT2D eigenvalue weighted by atomic mass is 10.0. The molecule has 5 heteroatoms. The van der Waals surface area contributed by atoms with Gasteiger partial charge in [0.25, 0.3) is 0 Å². The standard InChI is InChI=1S/C15H17NO4/c17-13-7-4-8-14(18)16(13)12(15(19)20)10-9-11-5-2-1-3-6-11/h1-3,5-6,12H,4,7-10H2,(H,19,20). The highest BCUT2D eigenvalue weighted by Gasteiger charge is 2.36. The highest BCUT2D eigenvalue weighted by molar-refractivity contribution is 6.01. The molecule has 106 valence electrons. The van der Waals surface area contributed by atoms with E-state index in [0.29, 0.717) is 12.8 Å². The minimum Gasteiger partial charge on any atom is -0.480 e. The number of amides is 2. The summed E-state index contributed by atoms with van der Waals surface area (Å²) in [6.07, 6.45) is 1.78. The van der Waals surface area contributed by atoms with E-state index in [9.17, 15) is 19.5 Å². The van der Waals surface area contributed by atoms with Crippen LogP contribution >= 0.6 is 0 Å². The van der Waals surface area contributed by atoms with Crippen LogP contribution in [0.1, 0.15) is 31.2 Å². The van der Waals surface area contributed by atoms with E-state index in [1.54, 1.807) is 0 Å². The Kier molecular flexibility index (Phi) is 4.50. The van der Waals surface area contributed by atoms with Crippen molar-refractivity contribution in [2.75, 3.05) is 0 Å². The quantitative estimate of drug-likeness (QED) is 0.828. The van der Waals surface area contributed by atoms with Crippen molar-refractivity contribution < 1.29 is 19.5 Å². The molecule has 0 bridgehead atoms. The smallest absolute Gasteiger partial charge is 0.326 e. The van der Waals surface area contributed by atoms with E-state index >= 15 is 0 Å². The van der Waals surface area contributed by atoms with E-state index in [0.717, 1.165) is 10.5 Å². The Hall–Kier alpha value is -2.17. The second kappa shape index (κ2) is 6.32. The van der Waals surface area contributed by atoms with Crippen LogP contribution in [0.4, 0.5) is 0 Å². The number of piperidine rings is 1. The van der Waals surface area contributed by atoms with Crippen LogP contribution in [-0.4, -0.2) is 33.8 Å². The molecular weight excluding hydrogens is 258 g/mol. The maximum Gasteiger partial charge on any atom is 0.326 e. The second-order valence-corrected chi connectivity index (χ2v) is 4.89. The first-order chi connectivity index (χ1) is 9.59. The number of carbonyl (C=O) groups excluding carboxylic acids is 2. The molecule has 0 saturated carbocycles. The molecule has 0 aliphatic carbocycles. The van der Waals surface area contributed by atoms with E-state index in [-0.39, 0.29) is 31.1 Å². The van der Waals surface area contributed by atoms with Crippen LogP contribution in [0.2, 0.25) is 0 Å². The molecule has 20 heavy (non-hydrogen) atoms. The topological polar surface area (TPSA) is 74.7 Å². The lowest BCUT2D eigenvalue weighted by molar-refractivity contribution is -0.160. The van der Waals surface area contributed by atoms with Gasteiger partial charge in [-0.2, -0.15) is 0 Å². The minimum absolute atomic E-state index is 0.247. The first-order valence-electron chi connectivity index (χ1n) is 6.71. The van der Waals surface area contributed by atoms with E-state index < -0.39 is 12.0 Å². The molecule has 1 fully saturated rings. The van der Waals surface area contributed by atoms with Crippen molar-refractivity contribution in [1.29, 1.82) is 0 Å². The predicted octanol–water partition coefficient (Wildman–Crippen LogP) is 1.61. The summed E-state index contributed by atoms with van der Waals surface area (Å²) in [5.41, 5.74) is 0.996.